The van der Waals surface area contributed by atoms with Crippen molar-refractivity contribution in [2.45, 2.75) is 32.7 Å². The molecule has 6 heteroatoms. The maximum absolute atomic E-state index is 13.0. The molecule has 1 aromatic carbocycles. The van der Waals surface area contributed by atoms with Gasteiger partial charge in [0, 0.05) is 11.7 Å². The lowest BCUT2D eigenvalue weighted by molar-refractivity contribution is -0.134. The first-order valence-corrected chi connectivity index (χ1v) is 6.80. The minimum absolute atomic E-state index is 0.0203. The van der Waals surface area contributed by atoms with Gasteiger partial charge in [-0.15, -0.1) is 0 Å². The van der Waals surface area contributed by atoms with Gasteiger partial charge in [0.15, 0.2) is 0 Å². The second-order valence-corrected chi connectivity index (χ2v) is 5.70. The van der Waals surface area contributed by atoms with Gasteiger partial charge in [-0.1, -0.05) is 11.6 Å². The lowest BCUT2D eigenvalue weighted by atomic mass is 10.0. The van der Waals surface area contributed by atoms with Crippen LogP contribution < -0.4 is 10.6 Å². The summed E-state index contributed by atoms with van der Waals surface area (Å²) in [6.45, 7) is 3.68. The minimum Gasteiger partial charge on any atom is -0.353 e. The summed E-state index contributed by atoms with van der Waals surface area (Å²) in [6.07, 6.45) is 1.04. The lowest BCUT2D eigenvalue weighted by Crippen LogP contribution is -2.42. The number of benzene rings is 1. The van der Waals surface area contributed by atoms with Gasteiger partial charge in [-0.25, -0.2) is 4.39 Å². The van der Waals surface area contributed by atoms with E-state index in [-0.39, 0.29) is 22.9 Å². The number of nitrogens with one attached hydrogen (secondary N) is 2. The van der Waals surface area contributed by atoms with Crippen LogP contribution in [-0.4, -0.2) is 17.9 Å². The quantitative estimate of drug-likeness (QED) is 0.840. The summed E-state index contributed by atoms with van der Waals surface area (Å²) in [4.78, 5) is 24.2. The van der Waals surface area contributed by atoms with Gasteiger partial charge in [0.2, 0.25) is 11.8 Å². The van der Waals surface area contributed by atoms with Crippen LogP contribution in [0.25, 0.3) is 0 Å². The van der Waals surface area contributed by atoms with Gasteiger partial charge in [-0.2, -0.15) is 0 Å². The van der Waals surface area contributed by atoms with Crippen LogP contribution in [0.15, 0.2) is 18.2 Å². The monoisotopic (exact) mass is 298 g/mol. The highest BCUT2D eigenvalue weighted by Gasteiger charge is 2.56. The fourth-order valence-corrected chi connectivity index (χ4v) is 2.09. The molecule has 0 aromatic heterocycles. The zero-order valence-electron chi connectivity index (χ0n) is 11.3. The van der Waals surface area contributed by atoms with E-state index < -0.39 is 11.2 Å². The van der Waals surface area contributed by atoms with Gasteiger partial charge in [-0.05, 0) is 44.9 Å². The van der Waals surface area contributed by atoms with Crippen molar-refractivity contribution in [2.24, 2.45) is 5.41 Å². The summed E-state index contributed by atoms with van der Waals surface area (Å²) in [5, 5.41) is 5.29. The molecule has 0 atom stereocenters. The molecule has 0 unspecified atom stereocenters. The fourth-order valence-electron chi connectivity index (χ4n) is 1.91. The van der Waals surface area contributed by atoms with E-state index in [1.165, 1.54) is 18.2 Å². The first-order valence-electron chi connectivity index (χ1n) is 6.42. The first kappa shape index (κ1) is 14.8. The van der Waals surface area contributed by atoms with Crippen molar-refractivity contribution in [3.8, 4) is 0 Å². The van der Waals surface area contributed by atoms with Crippen LogP contribution in [0.5, 0.6) is 0 Å². The lowest BCUT2D eigenvalue weighted by Gasteiger charge is -2.17. The van der Waals surface area contributed by atoms with Crippen molar-refractivity contribution in [1.82, 2.24) is 5.32 Å². The Morgan fingerprint density at radius 1 is 1.30 bits per heavy atom. The second-order valence-electron chi connectivity index (χ2n) is 5.29. The molecule has 1 aliphatic carbocycles. The number of anilines is 1. The van der Waals surface area contributed by atoms with Crippen LogP contribution in [0, 0.1) is 11.2 Å². The average molecular weight is 299 g/mol. The second kappa shape index (κ2) is 5.40. The third-order valence-corrected chi connectivity index (χ3v) is 3.51. The Morgan fingerprint density at radius 2 is 1.95 bits per heavy atom. The number of rotatable bonds is 4. The SMILES string of the molecule is CC(C)NC(=O)C1(C(=O)Nc2ccc(F)c(Cl)c2)CC1. The molecule has 20 heavy (non-hydrogen) atoms. The molecule has 0 bridgehead atoms. The van der Waals surface area contributed by atoms with Gasteiger partial charge in [0.25, 0.3) is 0 Å². The van der Waals surface area contributed by atoms with E-state index in [4.69, 9.17) is 11.6 Å². The summed E-state index contributed by atoms with van der Waals surface area (Å²) in [7, 11) is 0. The van der Waals surface area contributed by atoms with Crippen molar-refractivity contribution >= 4 is 29.1 Å². The molecule has 2 N–H and O–H groups in total. The summed E-state index contributed by atoms with van der Waals surface area (Å²) in [5.74, 6) is -1.19. The zero-order chi connectivity index (χ0) is 14.9. The van der Waals surface area contributed by atoms with E-state index in [2.05, 4.69) is 10.6 Å². The highest BCUT2D eigenvalue weighted by Crippen LogP contribution is 2.47. The molecule has 2 rings (SSSR count). The molecule has 1 fully saturated rings. The predicted octanol–water partition coefficient (Wildman–Crippen LogP) is 2.72. The van der Waals surface area contributed by atoms with E-state index >= 15 is 0 Å². The van der Waals surface area contributed by atoms with Crippen molar-refractivity contribution < 1.29 is 14.0 Å². The summed E-state index contributed by atoms with van der Waals surface area (Å²) >= 11 is 5.65. The highest BCUT2D eigenvalue weighted by atomic mass is 35.5. The zero-order valence-corrected chi connectivity index (χ0v) is 12.1. The normalized spacial score (nSPS) is 15.8. The maximum atomic E-state index is 13.0. The fraction of sp³-hybridized carbons (Fsp3) is 0.429. The molecule has 0 saturated heterocycles. The number of hydrogen-bond donors (Lipinski definition) is 2. The third kappa shape index (κ3) is 2.93. The van der Waals surface area contributed by atoms with E-state index in [1.54, 1.807) is 0 Å². The van der Waals surface area contributed by atoms with Gasteiger partial charge in [0.05, 0.1) is 5.02 Å². The van der Waals surface area contributed by atoms with Crippen molar-refractivity contribution in [2.75, 3.05) is 5.32 Å². The van der Waals surface area contributed by atoms with Crippen LogP contribution in [-0.2, 0) is 9.59 Å². The van der Waals surface area contributed by atoms with E-state index in [1.807, 2.05) is 13.8 Å². The molecule has 4 nitrogen and oxygen atoms in total. The molecule has 0 radical (unpaired) electrons. The molecule has 1 aliphatic rings. The van der Waals surface area contributed by atoms with E-state index in [0.29, 0.717) is 18.5 Å². The van der Waals surface area contributed by atoms with Crippen molar-refractivity contribution in [3.63, 3.8) is 0 Å². The minimum atomic E-state index is -0.995. The van der Waals surface area contributed by atoms with Gasteiger partial charge < -0.3 is 10.6 Å². The van der Waals surface area contributed by atoms with Crippen LogP contribution in [0.1, 0.15) is 26.7 Å². The van der Waals surface area contributed by atoms with Crippen LogP contribution in [0.2, 0.25) is 5.02 Å². The largest absolute Gasteiger partial charge is 0.353 e. The molecule has 108 valence electrons. The Kier molecular flexibility index (Phi) is 3.99. The number of carbonyl (C=O) groups is 2. The standard InChI is InChI=1S/C14H16ClFN2O2/c1-8(2)17-12(19)14(5-6-14)13(20)18-9-3-4-11(16)10(15)7-9/h3-4,7-8H,5-6H2,1-2H3,(H,17,19)(H,18,20). The molecule has 1 aromatic rings. The topological polar surface area (TPSA) is 58.2 Å². The molecule has 1 saturated carbocycles. The number of amides is 2. The molecular weight excluding hydrogens is 283 g/mol. The Bertz CT molecular complexity index is 556. The Labute approximate surface area is 121 Å². The predicted molar refractivity (Wildman–Crippen MR) is 75.0 cm³/mol. The van der Waals surface area contributed by atoms with Gasteiger partial charge in [0.1, 0.15) is 11.2 Å². The van der Waals surface area contributed by atoms with E-state index in [0.717, 1.165) is 0 Å². The van der Waals surface area contributed by atoms with Crippen LogP contribution in [0.4, 0.5) is 10.1 Å². The average Bonchev–Trinajstić information content (AvgIpc) is 3.14. The summed E-state index contributed by atoms with van der Waals surface area (Å²) in [5.41, 5.74) is -0.615. The van der Waals surface area contributed by atoms with Crippen LogP contribution in [0.3, 0.4) is 0 Å². The molecular formula is C14H16ClFN2O2. The molecule has 0 spiro atoms. The van der Waals surface area contributed by atoms with E-state index in [9.17, 15) is 14.0 Å². The van der Waals surface area contributed by atoms with Gasteiger partial charge in [-0.3, -0.25) is 9.59 Å². The number of hydrogen-bond acceptors (Lipinski definition) is 2. The molecule has 0 aliphatic heterocycles. The van der Waals surface area contributed by atoms with Crippen molar-refractivity contribution in [3.05, 3.63) is 29.0 Å². The third-order valence-electron chi connectivity index (χ3n) is 3.22. The number of halogens is 2. The Hall–Kier alpha value is -1.62. The highest BCUT2D eigenvalue weighted by molar-refractivity contribution is 6.31. The molecule has 0 heterocycles. The Balaban J connectivity index is 2.08. The summed E-state index contributed by atoms with van der Waals surface area (Å²) < 4.78 is 13.0. The maximum Gasteiger partial charge on any atom is 0.240 e. The van der Waals surface area contributed by atoms with Crippen molar-refractivity contribution in [1.29, 1.82) is 0 Å². The first-order chi connectivity index (χ1) is 9.35. The molecule has 2 amide bonds. The summed E-state index contributed by atoms with van der Waals surface area (Å²) in [6, 6.07) is 3.89. The van der Waals surface area contributed by atoms with Gasteiger partial charge >= 0.3 is 0 Å². The van der Waals surface area contributed by atoms with Crippen LogP contribution >= 0.6 is 11.6 Å². The Morgan fingerprint density at radius 3 is 2.45 bits per heavy atom. The smallest absolute Gasteiger partial charge is 0.240 e. The number of carbonyl (C=O) groups excluding carboxylic acids is 2.